The van der Waals surface area contributed by atoms with Crippen LogP contribution in [0.25, 0.3) is 0 Å². The van der Waals surface area contributed by atoms with Crippen molar-refractivity contribution >= 4 is 52.8 Å². The zero-order chi connectivity index (χ0) is 55.6. The molecule has 1 aliphatic heterocycles. The number of carbonyl (C=O) groups excluding carboxylic acids is 5. The summed E-state index contributed by atoms with van der Waals surface area (Å²) in [6.07, 6.45) is 9.62. The van der Waals surface area contributed by atoms with E-state index in [0.29, 0.717) is 70.6 Å². The third kappa shape index (κ3) is 10.2. The SMILES string of the molecule is CC(C)(CO)CO.CC(CCC(=O)O)C1CCC2C3C(=O)CC4CC(=O)CC[C@]4(C)C3CC(=O)[C@]12C.CC(CCC(=O)O)C1CCC2C3C(=O)CC4CC5(CC[C@]4(C)C3CC(=O)[C@]12C)OCC(C(=O)O)(C(=O)O)CO5. The highest BCUT2D eigenvalue weighted by Crippen LogP contribution is 2.69. The van der Waals surface area contributed by atoms with Crippen LogP contribution in [0.5, 0.6) is 0 Å². The molecule has 1 saturated heterocycles. The molecular weight excluding hydrogens is 969 g/mol. The number of ketones is 5. The van der Waals surface area contributed by atoms with Gasteiger partial charge < -0.3 is 40.1 Å². The first kappa shape index (κ1) is 58.7. The summed E-state index contributed by atoms with van der Waals surface area (Å²) in [6.45, 7) is 15.3. The third-order valence-electron chi connectivity index (χ3n) is 22.5. The van der Waals surface area contributed by atoms with E-state index in [1.54, 1.807) is 13.8 Å². The summed E-state index contributed by atoms with van der Waals surface area (Å²) in [4.78, 5) is 112. The number of aliphatic carboxylic acids is 4. The molecule has 17 heteroatoms. The zero-order valence-corrected chi connectivity index (χ0v) is 45.7. The van der Waals surface area contributed by atoms with Gasteiger partial charge in [0.05, 0.1) is 26.4 Å². The molecule has 0 aromatic heterocycles. The number of Topliss-reactive ketones (excluding diaryl/α,β-unsaturated/α-hetero) is 5. The van der Waals surface area contributed by atoms with Crippen molar-refractivity contribution in [2.45, 2.75) is 177 Å². The van der Waals surface area contributed by atoms with Crippen molar-refractivity contribution in [3.05, 3.63) is 0 Å². The van der Waals surface area contributed by atoms with Crippen LogP contribution < -0.4 is 0 Å². The van der Waals surface area contributed by atoms with Crippen molar-refractivity contribution in [2.75, 3.05) is 26.4 Å². The first-order valence-corrected chi connectivity index (χ1v) is 27.9. The van der Waals surface area contributed by atoms with E-state index in [0.717, 1.165) is 32.1 Å². The number of aliphatic hydroxyl groups is 2. The smallest absolute Gasteiger partial charge is 0.325 e. The molecule has 0 radical (unpaired) electrons. The van der Waals surface area contributed by atoms with Crippen molar-refractivity contribution < 1.29 is 83.3 Å². The molecule has 0 bridgehead atoms. The van der Waals surface area contributed by atoms with E-state index in [1.807, 2.05) is 13.8 Å². The van der Waals surface area contributed by atoms with Gasteiger partial charge in [0, 0.05) is 92.3 Å². The Morgan fingerprint density at radius 3 is 1.41 bits per heavy atom. The molecule has 75 heavy (non-hydrogen) atoms. The Bertz CT molecular complexity index is 2260. The highest BCUT2D eigenvalue weighted by Gasteiger charge is 2.69. The van der Waals surface area contributed by atoms with Gasteiger partial charge in [-0.05, 0) is 121 Å². The quantitative estimate of drug-likeness (QED) is 0.103. The van der Waals surface area contributed by atoms with E-state index in [4.69, 9.17) is 29.9 Å². The number of hydrogen-bond acceptors (Lipinski definition) is 13. The van der Waals surface area contributed by atoms with Crippen LogP contribution in [-0.4, -0.2) is 116 Å². The molecule has 0 aromatic rings. The molecule has 1 spiro atoms. The molecule has 1 heterocycles. The van der Waals surface area contributed by atoms with Crippen molar-refractivity contribution in [3.63, 3.8) is 0 Å². The number of aliphatic hydroxyl groups excluding tert-OH is 2. The van der Waals surface area contributed by atoms with Gasteiger partial charge in [-0.15, -0.1) is 0 Å². The molecular formula is C58H86O17. The normalized spacial score (nSPS) is 40.1. The number of carboxylic acids is 4. The van der Waals surface area contributed by atoms with Crippen LogP contribution in [-0.2, 0) is 52.6 Å². The molecule has 8 aliphatic carbocycles. The van der Waals surface area contributed by atoms with Crippen molar-refractivity contribution in [3.8, 4) is 0 Å². The summed E-state index contributed by atoms with van der Waals surface area (Å²) in [5, 5.41) is 54.1. The minimum Gasteiger partial charge on any atom is -0.481 e. The minimum atomic E-state index is -2.15. The Labute approximate surface area is 441 Å². The summed E-state index contributed by atoms with van der Waals surface area (Å²) >= 11 is 0. The highest BCUT2D eigenvalue weighted by atomic mass is 16.7. The van der Waals surface area contributed by atoms with Crippen molar-refractivity contribution in [1.82, 2.24) is 0 Å². The Morgan fingerprint density at radius 1 is 0.587 bits per heavy atom. The summed E-state index contributed by atoms with van der Waals surface area (Å²) in [5.74, 6) is -4.43. The zero-order valence-electron chi connectivity index (χ0n) is 45.7. The molecule has 0 amide bonds. The Balaban J connectivity index is 0.000000200. The van der Waals surface area contributed by atoms with Gasteiger partial charge in [0.25, 0.3) is 0 Å². The lowest BCUT2D eigenvalue weighted by molar-refractivity contribution is -0.326. The van der Waals surface area contributed by atoms with Gasteiger partial charge >= 0.3 is 23.9 Å². The van der Waals surface area contributed by atoms with Crippen LogP contribution in [0.2, 0.25) is 0 Å². The maximum absolute atomic E-state index is 13.9. The predicted octanol–water partition coefficient (Wildman–Crippen LogP) is 7.47. The molecule has 9 fully saturated rings. The first-order chi connectivity index (χ1) is 34.9. The number of fused-ring (bicyclic) bond motifs is 10. The maximum Gasteiger partial charge on any atom is 0.325 e. The van der Waals surface area contributed by atoms with Gasteiger partial charge in [-0.25, -0.2) is 0 Å². The third-order valence-corrected chi connectivity index (χ3v) is 22.5. The van der Waals surface area contributed by atoms with Crippen molar-refractivity contribution in [2.24, 2.45) is 104 Å². The van der Waals surface area contributed by atoms with Gasteiger partial charge in [-0.3, -0.25) is 43.2 Å². The topological polar surface area (TPSA) is 293 Å². The molecule has 9 rings (SSSR count). The second-order valence-electron chi connectivity index (χ2n) is 26.8. The molecule has 8 saturated carbocycles. The molecule has 9 aliphatic rings. The summed E-state index contributed by atoms with van der Waals surface area (Å²) in [5.41, 5.74) is -3.98. The first-order valence-electron chi connectivity index (χ1n) is 27.9. The van der Waals surface area contributed by atoms with E-state index < -0.39 is 59.1 Å². The fourth-order valence-electron chi connectivity index (χ4n) is 17.3. The molecule has 420 valence electrons. The van der Waals surface area contributed by atoms with E-state index in [1.165, 1.54) is 0 Å². The van der Waals surface area contributed by atoms with Gasteiger partial charge in [0.15, 0.2) is 5.79 Å². The summed E-state index contributed by atoms with van der Waals surface area (Å²) in [7, 11) is 0. The van der Waals surface area contributed by atoms with E-state index in [2.05, 4.69) is 27.7 Å². The van der Waals surface area contributed by atoms with Crippen LogP contribution in [0, 0.1) is 104 Å². The minimum absolute atomic E-state index is 0.0451. The summed E-state index contributed by atoms with van der Waals surface area (Å²) < 4.78 is 11.8. The number of carboxylic acid groups (broad SMARTS) is 4. The number of rotatable bonds is 12. The lowest BCUT2D eigenvalue weighted by Gasteiger charge is -2.61. The molecule has 17 nitrogen and oxygen atoms in total. The van der Waals surface area contributed by atoms with Crippen LogP contribution in [0.4, 0.5) is 0 Å². The monoisotopic (exact) mass is 1050 g/mol. The Morgan fingerprint density at radius 2 is 1.01 bits per heavy atom. The van der Waals surface area contributed by atoms with Crippen LogP contribution in [0.3, 0.4) is 0 Å². The fraction of sp³-hybridized carbons (Fsp3) is 0.845. The standard InChI is InChI=1S/C29H40O10.C24H34O5.C5H12O2/c1-15(4-7-22(32)33)17-5-6-18-23-19(11-21(31)27(17,18)3)26(2)8-9-29(12-16(26)10-20(23)30)38-13-28(14-39-29,24(34)35)25(36)37;1-13(4-7-21(28)29)16-5-6-17-22-18(12-20(27)24(16,17)3)23(2)9-8-15(25)10-14(23)11-19(22)26;1-5(2,3-6)4-7/h15-19,23H,4-14H2,1-3H3,(H,32,33)(H,34,35)(H,36,37);13-14,16-18,22H,4-12H2,1-3H3,(H,28,29);6-7H,3-4H2,1-2H3/t15?,16?,17?,18?,19?,23?,26-,27+;13?,14?,16?,17?,18?,22?,23-,24+;/m00./s1. The van der Waals surface area contributed by atoms with Crippen LogP contribution in [0.15, 0.2) is 0 Å². The van der Waals surface area contributed by atoms with E-state index in [-0.39, 0.29) is 142 Å². The largest absolute Gasteiger partial charge is 0.481 e. The number of carbonyl (C=O) groups is 9. The van der Waals surface area contributed by atoms with Crippen LogP contribution >= 0.6 is 0 Å². The second kappa shape index (κ2) is 21.4. The average Bonchev–Trinajstić information content (AvgIpc) is 3.90. The Hall–Kier alpha value is -3.93. The lowest BCUT2D eigenvalue weighted by atomic mass is 9.43. The second-order valence-corrected chi connectivity index (χ2v) is 26.8. The van der Waals surface area contributed by atoms with Gasteiger partial charge in [0.1, 0.15) is 28.9 Å². The Kier molecular flexibility index (Phi) is 16.7. The lowest BCUT2D eigenvalue weighted by Crippen LogP contribution is -2.64. The highest BCUT2D eigenvalue weighted by molar-refractivity contribution is 5.99. The molecule has 6 N–H and O–H groups in total. The number of ether oxygens (including phenoxy) is 2. The van der Waals surface area contributed by atoms with Crippen molar-refractivity contribution in [1.29, 1.82) is 0 Å². The van der Waals surface area contributed by atoms with Crippen LogP contribution in [0.1, 0.15) is 171 Å². The fourth-order valence-corrected chi connectivity index (χ4v) is 17.3. The molecule has 0 aromatic carbocycles. The number of hydrogen-bond donors (Lipinski definition) is 6. The van der Waals surface area contributed by atoms with Gasteiger partial charge in [-0.2, -0.15) is 0 Å². The molecule has 16 atom stereocenters. The maximum atomic E-state index is 13.9. The summed E-state index contributed by atoms with van der Waals surface area (Å²) in [6, 6.07) is 0. The van der Waals surface area contributed by atoms with Gasteiger partial charge in [-0.1, -0.05) is 55.4 Å². The van der Waals surface area contributed by atoms with E-state index in [9.17, 15) is 53.4 Å². The predicted molar refractivity (Wildman–Crippen MR) is 269 cm³/mol. The average molecular weight is 1060 g/mol. The van der Waals surface area contributed by atoms with E-state index >= 15 is 0 Å². The van der Waals surface area contributed by atoms with Gasteiger partial charge in [0.2, 0.25) is 5.41 Å². The molecule has 12 unspecified atom stereocenters.